The first-order valence-corrected chi connectivity index (χ1v) is 12.1. The van der Waals surface area contributed by atoms with E-state index in [0.717, 1.165) is 40.5 Å². The molecule has 1 heterocycles. The summed E-state index contributed by atoms with van der Waals surface area (Å²) < 4.78 is 3.95. The summed E-state index contributed by atoms with van der Waals surface area (Å²) in [5, 5.41) is 0. The molecule has 3 rings (SSSR count). The van der Waals surface area contributed by atoms with Gasteiger partial charge in [0.25, 0.3) is 0 Å². The molecule has 0 saturated carbocycles. The second kappa shape index (κ2) is 15.5. The van der Waals surface area contributed by atoms with Gasteiger partial charge < -0.3 is 17.4 Å². The van der Waals surface area contributed by atoms with E-state index in [1.165, 1.54) is 11.1 Å². The van der Waals surface area contributed by atoms with Gasteiger partial charge in [-0.15, -0.1) is 6.92 Å². The van der Waals surface area contributed by atoms with Gasteiger partial charge >= 0.3 is 17.1 Å². The molecule has 170 valence electrons. The number of pyridine rings is 1. The van der Waals surface area contributed by atoms with Crippen molar-refractivity contribution in [2.45, 2.75) is 27.7 Å². The molecule has 1 aromatic heterocycles. The summed E-state index contributed by atoms with van der Waals surface area (Å²) in [5.74, 6) is 0. The Morgan fingerprint density at radius 2 is 1.34 bits per heavy atom. The number of hydrogen-bond donors (Lipinski definition) is 0. The van der Waals surface area contributed by atoms with Gasteiger partial charge in [0.2, 0.25) is 0 Å². The third kappa shape index (κ3) is 9.49. The average molecular weight is 749 g/mol. The summed E-state index contributed by atoms with van der Waals surface area (Å²) in [7, 11) is 0. The molecule has 2 aromatic carbocycles. The predicted molar refractivity (Wildman–Crippen MR) is 142 cm³/mol. The number of benzene rings is 2. The third-order valence-corrected chi connectivity index (χ3v) is 6.32. The van der Waals surface area contributed by atoms with Gasteiger partial charge in [-0.05, 0) is 85.3 Å². The number of nitrogens with zero attached hydrogens (tertiary/aromatic N) is 3. The number of aliphatic imine (C=N–C) groups is 2. The Kier molecular flexibility index (Phi) is 15.4. The van der Waals surface area contributed by atoms with E-state index in [1.54, 1.807) is 13.1 Å². The van der Waals surface area contributed by atoms with Gasteiger partial charge in [-0.3, -0.25) is 9.98 Å². The van der Waals surface area contributed by atoms with Crippen LogP contribution in [-0.2, 0) is 17.1 Å². The SMILES string of the molecule is CC(=Nc1c(Br)cc(C)cc1Br)c1cccnc1.C[C-]=Nc1c(Br)cc(C)cc1Br.[Cl-].[Fe+2]. The number of hydrogen-bond acceptors (Lipinski definition) is 3. The zero-order chi connectivity index (χ0) is 22.3. The first kappa shape index (κ1) is 31.7. The van der Waals surface area contributed by atoms with E-state index in [0.29, 0.717) is 0 Å². The van der Waals surface area contributed by atoms with Crippen LogP contribution in [0.3, 0.4) is 0 Å². The van der Waals surface area contributed by atoms with Crippen LogP contribution in [-0.4, -0.2) is 16.9 Å². The quantitative estimate of drug-likeness (QED) is 0.179. The topological polar surface area (TPSA) is 37.6 Å². The van der Waals surface area contributed by atoms with Gasteiger partial charge in [-0.2, -0.15) is 6.21 Å². The third-order valence-electron chi connectivity index (χ3n) is 3.90. The summed E-state index contributed by atoms with van der Waals surface area (Å²) in [6.07, 6.45) is 6.32. The molecule has 0 atom stereocenters. The van der Waals surface area contributed by atoms with Gasteiger partial charge in [0, 0.05) is 32.6 Å². The van der Waals surface area contributed by atoms with Crippen molar-refractivity contribution in [1.82, 2.24) is 4.98 Å². The van der Waals surface area contributed by atoms with Crippen molar-refractivity contribution in [2.75, 3.05) is 0 Å². The van der Waals surface area contributed by atoms with Crippen molar-refractivity contribution in [1.29, 1.82) is 0 Å². The summed E-state index contributed by atoms with van der Waals surface area (Å²) in [6, 6.07) is 12.1. The van der Waals surface area contributed by atoms with Crippen molar-refractivity contribution in [3.63, 3.8) is 0 Å². The van der Waals surface area contributed by atoms with Crippen molar-refractivity contribution < 1.29 is 29.5 Å². The summed E-state index contributed by atoms with van der Waals surface area (Å²) in [6.45, 7) is 7.85. The molecule has 0 amide bonds. The number of rotatable bonds is 3. The Hall–Kier alpha value is -0.341. The second-order valence-electron chi connectivity index (χ2n) is 6.43. The second-order valence-corrected chi connectivity index (χ2v) is 9.85. The van der Waals surface area contributed by atoms with E-state index in [2.05, 4.69) is 104 Å². The molecule has 0 aliphatic rings. The van der Waals surface area contributed by atoms with Crippen LogP contribution in [0.1, 0.15) is 30.5 Å². The number of aromatic nitrogens is 1. The number of aryl methyl sites for hydroxylation is 2. The van der Waals surface area contributed by atoms with Crippen LogP contribution in [0.5, 0.6) is 0 Å². The van der Waals surface area contributed by atoms with E-state index >= 15 is 0 Å². The Bertz CT molecular complexity index is 1040. The fourth-order valence-corrected chi connectivity index (χ4v) is 5.70. The Labute approximate surface area is 240 Å². The van der Waals surface area contributed by atoms with Crippen LogP contribution in [0.2, 0.25) is 0 Å². The minimum absolute atomic E-state index is 0. The fraction of sp³-hybridized carbons (Fsp3) is 0.174. The van der Waals surface area contributed by atoms with E-state index in [-0.39, 0.29) is 29.5 Å². The monoisotopic (exact) mass is 745 g/mol. The van der Waals surface area contributed by atoms with Crippen LogP contribution in [0.4, 0.5) is 11.4 Å². The van der Waals surface area contributed by atoms with Crippen LogP contribution in [0, 0.1) is 13.8 Å². The normalized spacial score (nSPS) is 10.7. The van der Waals surface area contributed by atoms with E-state index in [9.17, 15) is 0 Å². The Morgan fingerprint density at radius 3 is 1.75 bits per heavy atom. The molecule has 9 heteroatoms. The first-order chi connectivity index (χ1) is 14.2. The molecule has 0 radical (unpaired) electrons. The van der Waals surface area contributed by atoms with Crippen molar-refractivity contribution >= 4 is 87.0 Å². The predicted octanol–water partition coefficient (Wildman–Crippen LogP) is 6.18. The largest absolute Gasteiger partial charge is 2.00 e. The molecule has 0 fully saturated rings. The van der Waals surface area contributed by atoms with Crippen LogP contribution >= 0.6 is 63.7 Å². The number of halogens is 5. The standard InChI is InChI=1S/C14H12Br2N2.C9H8Br2N.ClH.Fe/c1-9-6-12(15)14(13(16)7-9)18-10(2)11-4-3-5-17-8-11;1-3-12-9-7(10)4-6(2)5-8(9)11;;/h3-8H,1-2H3;4-5H,1-2H3;1H;/q;-1;;+2/p-1. The van der Waals surface area contributed by atoms with E-state index in [1.807, 2.05) is 44.3 Å². The summed E-state index contributed by atoms with van der Waals surface area (Å²) >= 11 is 14.0. The van der Waals surface area contributed by atoms with Gasteiger partial charge in [-0.25, -0.2) is 0 Å². The molecule has 0 bridgehead atoms. The zero-order valence-corrected chi connectivity index (χ0v) is 25.9. The van der Waals surface area contributed by atoms with Crippen LogP contribution in [0.15, 0.2) is 76.7 Å². The van der Waals surface area contributed by atoms with Gasteiger partial charge in [0.15, 0.2) is 0 Å². The molecule has 0 aliphatic carbocycles. The van der Waals surface area contributed by atoms with Crippen molar-refractivity contribution in [3.8, 4) is 0 Å². The van der Waals surface area contributed by atoms with E-state index in [4.69, 9.17) is 0 Å². The Balaban J connectivity index is 0.000000607. The van der Waals surface area contributed by atoms with E-state index < -0.39 is 0 Å². The van der Waals surface area contributed by atoms with Gasteiger partial charge in [-0.1, -0.05) is 61.3 Å². The van der Waals surface area contributed by atoms with Crippen molar-refractivity contribution in [2.24, 2.45) is 9.98 Å². The fourth-order valence-electron chi connectivity index (χ4n) is 2.52. The molecule has 3 nitrogen and oxygen atoms in total. The first-order valence-electron chi connectivity index (χ1n) is 8.97. The molecule has 3 aromatic rings. The molecule has 0 spiro atoms. The summed E-state index contributed by atoms with van der Waals surface area (Å²) in [5.41, 5.74) is 6.14. The minimum Gasteiger partial charge on any atom is -1.00 e. The maximum absolute atomic E-state index is 4.65. The maximum atomic E-state index is 4.65. The molecule has 32 heavy (non-hydrogen) atoms. The van der Waals surface area contributed by atoms with Gasteiger partial charge in [0.1, 0.15) is 0 Å². The molecule has 0 N–H and O–H groups in total. The zero-order valence-electron chi connectivity index (χ0n) is 17.7. The van der Waals surface area contributed by atoms with Crippen LogP contribution in [0.25, 0.3) is 0 Å². The Morgan fingerprint density at radius 1 is 0.875 bits per heavy atom. The van der Waals surface area contributed by atoms with Gasteiger partial charge in [0.05, 0.1) is 5.69 Å². The molecular formula is C23H20Br4ClFeN3. The average Bonchev–Trinajstić information content (AvgIpc) is 2.68. The minimum atomic E-state index is 0. The van der Waals surface area contributed by atoms with Crippen molar-refractivity contribution in [3.05, 3.63) is 83.4 Å². The molecule has 0 aliphatic heterocycles. The molecule has 0 saturated heterocycles. The summed E-state index contributed by atoms with van der Waals surface area (Å²) in [4.78, 5) is 12.9. The maximum Gasteiger partial charge on any atom is 2.00 e. The van der Waals surface area contributed by atoms with Crippen LogP contribution < -0.4 is 12.4 Å². The molecule has 0 unspecified atom stereocenters. The molecular weight excluding hydrogens is 729 g/mol. The smallest absolute Gasteiger partial charge is 1.00 e.